The molecule has 109 heavy (non-hydrogen) atoms. The Morgan fingerprint density at radius 2 is 1.40 bits per heavy atom. The molecule has 5 rings (SSSR count). The van der Waals surface area contributed by atoms with E-state index in [-0.39, 0.29) is 92.6 Å². The smallest absolute Gasteiger partial charge is 0.410 e. The number of aliphatic hydroxyl groups is 4. The third kappa shape index (κ3) is 27.4. The van der Waals surface area contributed by atoms with Gasteiger partial charge in [0.15, 0.2) is 6.10 Å². The Labute approximate surface area is 637 Å². The second kappa shape index (κ2) is 45.4. The Bertz CT molecular complexity index is 3360. The number of likely N-dealkylation sites (tertiary alicyclic amines) is 1. The number of hydrogen-bond acceptors (Lipinski definition) is 22. The van der Waals surface area contributed by atoms with Gasteiger partial charge in [-0.25, -0.2) is 9.59 Å². The highest BCUT2D eigenvalue weighted by Crippen LogP contribution is 2.33. The number of anilines is 1. The van der Waals surface area contributed by atoms with Gasteiger partial charge in [0.1, 0.15) is 48.8 Å². The molecule has 3 heterocycles. The lowest BCUT2D eigenvalue weighted by molar-refractivity contribution is -0.271. The molecule has 16 atom stereocenters. The quantitative estimate of drug-likeness (QED) is 0.0335. The van der Waals surface area contributed by atoms with Crippen LogP contribution in [0.25, 0.3) is 0 Å². The number of benzene rings is 2. The van der Waals surface area contributed by atoms with Crippen LogP contribution in [0.4, 0.5) is 10.5 Å². The highest BCUT2D eigenvalue weighted by molar-refractivity contribution is 6.12. The fourth-order valence-corrected chi connectivity index (χ4v) is 13.3. The number of carboxylic acids is 1. The van der Waals surface area contributed by atoms with E-state index in [2.05, 4.69) is 37.2 Å². The molecular weight excluding hydrogens is 1420 g/mol. The molecule has 3 aliphatic rings. The van der Waals surface area contributed by atoms with Gasteiger partial charge in [-0.1, -0.05) is 97.7 Å². The highest BCUT2D eigenvalue weighted by Gasteiger charge is 2.49. The zero-order valence-electron chi connectivity index (χ0n) is 64.7. The second-order valence-corrected chi connectivity index (χ2v) is 28.6. The SMILES string of the molecule is CCOCCC(=O)NCCCC[C@H](NC(=O)CCCCCN1C(=O)C=CC1=O)C(=O)NCCC(=O)Nc1cc(COC(=O)N(C)[C@H](C(=O)N[C@H](C(=O)N[C@@H]([C@@H](C)CC)[C@@H](CC(=O)N2CCC[C@H]2[C@H](OC)[C@@H](C)C(=O)N[C@H](C)[C@@H](O)c2ccccc2)OC)C(C)C)C(C)C)ccc1O[C@@H]1O[C@H](C(=O)O)[C@@H](O)[C@H](O)[C@H]1O. The molecule has 2 aromatic carbocycles. The number of ether oxygens (including phenoxy) is 6. The fraction of sp³-hybridized carbons (Fsp3) is 0.658. The second-order valence-electron chi connectivity index (χ2n) is 28.6. The predicted molar refractivity (Wildman–Crippen MR) is 396 cm³/mol. The first-order chi connectivity index (χ1) is 51.8. The Kier molecular flexibility index (Phi) is 37.9. The number of aliphatic hydroxyl groups excluding tert-OH is 4. The Balaban J connectivity index is 1.26. The van der Waals surface area contributed by atoms with Gasteiger partial charge in [-0.05, 0) is 99.8 Å². The summed E-state index contributed by atoms with van der Waals surface area (Å²) >= 11 is 0. The minimum absolute atomic E-state index is 0.0122. The van der Waals surface area contributed by atoms with E-state index in [9.17, 15) is 83.1 Å². The van der Waals surface area contributed by atoms with Crippen LogP contribution in [-0.4, -0.2) is 251 Å². The van der Waals surface area contributed by atoms with Crippen molar-refractivity contribution in [1.82, 2.24) is 46.6 Å². The summed E-state index contributed by atoms with van der Waals surface area (Å²) in [7, 11) is 4.26. The third-order valence-corrected chi connectivity index (χ3v) is 19.8. The molecule has 0 spiro atoms. The number of carbonyl (C=O) groups is 12. The minimum atomic E-state index is -2.07. The van der Waals surface area contributed by atoms with E-state index in [1.54, 1.807) is 70.7 Å². The van der Waals surface area contributed by atoms with Crippen LogP contribution in [0.5, 0.6) is 5.75 Å². The Morgan fingerprint density at radius 1 is 0.706 bits per heavy atom. The maximum Gasteiger partial charge on any atom is 0.410 e. The molecule has 2 saturated heterocycles. The summed E-state index contributed by atoms with van der Waals surface area (Å²) in [5, 5.41) is 72.3. The zero-order chi connectivity index (χ0) is 80.8. The number of carbonyl (C=O) groups excluding carboxylic acids is 11. The maximum atomic E-state index is 14.6. The number of likely N-dealkylation sites (N-methyl/N-ethyl adjacent to an activating group) is 1. The predicted octanol–water partition coefficient (Wildman–Crippen LogP) is 2.64. The molecule has 2 aromatic rings. The number of nitrogens with one attached hydrogen (secondary N) is 7. The summed E-state index contributed by atoms with van der Waals surface area (Å²) in [6.45, 7) is 16.6. The number of imide groups is 1. The summed E-state index contributed by atoms with van der Waals surface area (Å²) < 4.78 is 34.1. The molecule has 608 valence electrons. The third-order valence-electron chi connectivity index (χ3n) is 19.8. The summed E-state index contributed by atoms with van der Waals surface area (Å²) in [4.78, 5) is 164. The normalized spacial score (nSPS) is 20.5. The van der Waals surface area contributed by atoms with E-state index in [0.717, 1.165) is 9.80 Å². The number of unbranched alkanes of at least 4 members (excludes halogenated alkanes) is 3. The van der Waals surface area contributed by atoms with Crippen molar-refractivity contribution in [2.45, 2.75) is 238 Å². The van der Waals surface area contributed by atoms with E-state index in [1.165, 1.54) is 51.6 Å². The monoisotopic (exact) mass is 1540 g/mol. The van der Waals surface area contributed by atoms with Crippen LogP contribution in [0.2, 0.25) is 0 Å². The molecule has 0 aromatic heterocycles. The van der Waals surface area contributed by atoms with Crippen LogP contribution in [0, 0.1) is 23.7 Å². The first-order valence-corrected chi connectivity index (χ1v) is 37.6. The van der Waals surface area contributed by atoms with Crippen molar-refractivity contribution in [3.8, 4) is 5.75 Å². The van der Waals surface area contributed by atoms with Crippen LogP contribution >= 0.6 is 0 Å². The van der Waals surface area contributed by atoms with Crippen molar-refractivity contribution in [3.05, 3.63) is 71.8 Å². The van der Waals surface area contributed by atoms with Gasteiger partial charge < -0.3 is 96.1 Å². The van der Waals surface area contributed by atoms with E-state index in [4.69, 9.17) is 28.4 Å². The number of aliphatic carboxylic acids is 1. The van der Waals surface area contributed by atoms with Crippen molar-refractivity contribution in [1.29, 1.82) is 0 Å². The minimum Gasteiger partial charge on any atom is -0.479 e. The van der Waals surface area contributed by atoms with Gasteiger partial charge in [0.2, 0.25) is 53.5 Å². The Morgan fingerprint density at radius 3 is 2.04 bits per heavy atom. The lowest BCUT2D eigenvalue weighted by atomic mass is 9.90. The lowest BCUT2D eigenvalue weighted by Gasteiger charge is -2.38. The van der Waals surface area contributed by atoms with E-state index >= 15 is 0 Å². The molecule has 0 radical (unpaired) electrons. The first-order valence-electron chi connectivity index (χ1n) is 37.6. The zero-order valence-corrected chi connectivity index (χ0v) is 64.7. The average Bonchev–Trinajstić information content (AvgIpc) is 1.79. The van der Waals surface area contributed by atoms with Gasteiger partial charge in [-0.3, -0.25) is 57.7 Å². The van der Waals surface area contributed by atoms with Gasteiger partial charge in [0.25, 0.3) is 11.8 Å². The van der Waals surface area contributed by atoms with E-state index in [0.29, 0.717) is 70.1 Å². The van der Waals surface area contributed by atoms with E-state index in [1.807, 2.05) is 26.8 Å². The number of carboxylic acid groups (broad SMARTS) is 1. The molecule has 11 amide bonds. The number of amides is 11. The molecular formula is C76H116N10O23. The van der Waals surface area contributed by atoms with E-state index < -0.39 is 169 Å². The molecule has 0 saturated carbocycles. The first kappa shape index (κ1) is 90.9. The van der Waals surface area contributed by atoms with Gasteiger partial charge in [0, 0.05) is 85.5 Å². The maximum absolute atomic E-state index is 14.6. The molecule has 0 aliphatic carbocycles. The average molecular weight is 1540 g/mol. The van der Waals surface area contributed by atoms with Crippen molar-refractivity contribution in [2.75, 3.05) is 66.0 Å². The van der Waals surface area contributed by atoms with Gasteiger partial charge in [-0.2, -0.15) is 0 Å². The standard InChI is InChI=1S/C76H116N10O23/c1-13-45(7)62(54(104-11)41-60(92)85-38-23-27-52(85)68(105-12)46(8)70(97)79-47(9)64(93)49-24-17-15-18-25-49)83-72(99)61(43(3)4)82-73(100)63(44(5)6)84(10)76(103)107-42-48-29-30-53(108-75-67(96)65(94)66(95)69(109-75)74(101)102)51(40-48)81-57(89)33-36-78-71(98)50(26-20-21-35-77-55(87)34-39-106-14-2)80-56(88)28-19-16-22-37-86-58(90)31-32-59(86)91/h15,17-18,24-25,29-32,40,43-47,50,52,54,61-69,75,93-96H,13-14,16,19-23,26-28,33-39,41-42H2,1-12H3,(H,77,87)(H,78,98)(H,79,97)(H,80,88)(H,81,89)(H,82,100)(H,83,99)(H,101,102)/t45-,46+,47+,50-,52-,54+,61-,62-,63-,64+,65-,66-,67+,68+,69-,75+/m0/s1. The number of hydrogen-bond donors (Lipinski definition) is 12. The van der Waals surface area contributed by atoms with Crippen molar-refractivity contribution in [2.24, 2.45) is 23.7 Å². The Hall–Kier alpha value is -8.70. The van der Waals surface area contributed by atoms with Crippen LogP contribution in [0.15, 0.2) is 60.7 Å². The summed E-state index contributed by atoms with van der Waals surface area (Å²) in [6.07, 6.45) is -7.70. The molecule has 3 aliphatic heterocycles. The van der Waals surface area contributed by atoms with Crippen molar-refractivity contribution >= 4 is 76.8 Å². The van der Waals surface area contributed by atoms with Gasteiger partial charge in [-0.15, -0.1) is 0 Å². The van der Waals surface area contributed by atoms with Gasteiger partial charge >= 0.3 is 12.1 Å². The van der Waals surface area contributed by atoms with Crippen LogP contribution in [0.3, 0.4) is 0 Å². The van der Waals surface area contributed by atoms with Crippen LogP contribution in [-0.2, 0) is 83.0 Å². The summed E-state index contributed by atoms with van der Waals surface area (Å²) in [5.74, 6) is -8.89. The summed E-state index contributed by atoms with van der Waals surface area (Å²) in [5.41, 5.74) is 0.652. The van der Waals surface area contributed by atoms with Crippen molar-refractivity contribution in [3.63, 3.8) is 0 Å². The molecule has 12 N–H and O–H groups in total. The molecule has 2 fully saturated rings. The number of methoxy groups -OCH3 is 2. The molecule has 0 unspecified atom stereocenters. The number of rotatable bonds is 46. The number of nitrogens with zero attached hydrogens (tertiary/aromatic N) is 3. The van der Waals surface area contributed by atoms with Crippen molar-refractivity contribution < 1.29 is 111 Å². The summed E-state index contributed by atoms with van der Waals surface area (Å²) in [6, 6.07) is 7.52. The molecule has 0 bridgehead atoms. The molecule has 33 nitrogen and oxygen atoms in total. The highest BCUT2D eigenvalue weighted by atomic mass is 16.7. The topological polar surface area (TPSA) is 455 Å². The van der Waals surface area contributed by atoms with Crippen LogP contribution in [0.1, 0.15) is 163 Å². The lowest BCUT2D eigenvalue weighted by Crippen LogP contribution is -2.61. The van der Waals surface area contributed by atoms with Gasteiger partial charge in [0.05, 0.1) is 61.1 Å². The van der Waals surface area contributed by atoms with Crippen LogP contribution < -0.4 is 42.0 Å². The largest absolute Gasteiger partial charge is 0.479 e. The fourth-order valence-electron chi connectivity index (χ4n) is 13.3. The molecule has 33 heteroatoms.